The number of benzene rings is 2. The van der Waals surface area contributed by atoms with Crippen LogP contribution < -0.4 is 4.90 Å². The van der Waals surface area contributed by atoms with Gasteiger partial charge in [-0.25, -0.2) is 9.59 Å². The molecule has 2 aromatic carbocycles. The molecule has 0 bridgehead atoms. The zero-order chi connectivity index (χ0) is 19.4. The molecule has 0 heterocycles. The predicted molar refractivity (Wildman–Crippen MR) is 95.5 cm³/mol. The molecule has 2 aromatic rings. The molecule has 0 aliphatic rings. The van der Waals surface area contributed by atoms with Gasteiger partial charge < -0.3 is 20.2 Å². The summed E-state index contributed by atoms with van der Waals surface area (Å²) in [5.74, 6) is -3.67. The molecule has 0 radical (unpaired) electrons. The molecule has 2 rings (SSSR count). The fraction of sp³-hybridized carbons (Fsp3) is 0.211. The van der Waals surface area contributed by atoms with Gasteiger partial charge in [0, 0.05) is 30.4 Å². The summed E-state index contributed by atoms with van der Waals surface area (Å²) in [5.41, 5.74) is -0.161. The Labute approximate surface area is 150 Å². The first-order valence-electron chi connectivity index (χ1n) is 8.03. The number of hydrogen-bond acceptors (Lipinski definition) is 5. The maximum absolute atomic E-state index is 12.7. The predicted octanol–water partition coefficient (Wildman–Crippen LogP) is 2.87. The van der Waals surface area contributed by atoms with Gasteiger partial charge in [0.1, 0.15) is 5.75 Å². The third-order valence-electron chi connectivity index (χ3n) is 4.10. The van der Waals surface area contributed by atoms with E-state index in [1.165, 1.54) is 12.1 Å². The molecule has 0 saturated carbocycles. The average molecular weight is 357 g/mol. The van der Waals surface area contributed by atoms with E-state index in [-0.39, 0.29) is 22.4 Å². The number of aromatic carboxylic acids is 2. The Bertz CT molecular complexity index is 870. The smallest absolute Gasteiger partial charge is 0.336 e. The molecule has 26 heavy (non-hydrogen) atoms. The Balaban J connectivity index is 2.49. The highest BCUT2D eigenvalue weighted by atomic mass is 16.4. The third kappa shape index (κ3) is 3.66. The molecule has 0 aliphatic carbocycles. The Hall–Kier alpha value is -3.35. The maximum atomic E-state index is 12.7. The van der Waals surface area contributed by atoms with Crippen molar-refractivity contribution in [1.82, 2.24) is 0 Å². The van der Waals surface area contributed by atoms with Gasteiger partial charge in [0.2, 0.25) is 0 Å². The quantitative estimate of drug-likeness (QED) is 0.653. The normalized spacial score (nSPS) is 10.4. The lowest BCUT2D eigenvalue weighted by molar-refractivity contribution is 0.0692. The van der Waals surface area contributed by atoms with E-state index in [2.05, 4.69) is 0 Å². The summed E-state index contributed by atoms with van der Waals surface area (Å²) in [5, 5.41) is 28.5. The molecule has 3 N–H and O–H groups in total. The van der Waals surface area contributed by atoms with Crippen LogP contribution in [0.4, 0.5) is 5.69 Å². The van der Waals surface area contributed by atoms with Crippen molar-refractivity contribution in [3.05, 3.63) is 58.7 Å². The minimum atomic E-state index is -1.42. The zero-order valence-corrected chi connectivity index (χ0v) is 14.4. The number of ketones is 1. The first kappa shape index (κ1) is 19.0. The molecule has 0 saturated heterocycles. The van der Waals surface area contributed by atoms with Gasteiger partial charge in [-0.1, -0.05) is 0 Å². The molecule has 7 heteroatoms. The van der Waals surface area contributed by atoms with Crippen molar-refractivity contribution < 1.29 is 29.7 Å². The Kier molecular flexibility index (Phi) is 5.61. The summed E-state index contributed by atoms with van der Waals surface area (Å²) >= 11 is 0. The second kappa shape index (κ2) is 7.69. The molecule has 0 amide bonds. The van der Waals surface area contributed by atoms with E-state index in [4.69, 9.17) is 5.11 Å². The lowest BCUT2D eigenvalue weighted by Crippen LogP contribution is -2.21. The monoisotopic (exact) mass is 357 g/mol. The number of nitrogens with zero attached hydrogens (tertiary/aromatic N) is 1. The Morgan fingerprint density at radius 1 is 0.846 bits per heavy atom. The summed E-state index contributed by atoms with van der Waals surface area (Å²) in [7, 11) is 0. The number of rotatable bonds is 7. The van der Waals surface area contributed by atoms with E-state index in [0.717, 1.165) is 37.0 Å². The Morgan fingerprint density at radius 2 is 1.46 bits per heavy atom. The highest BCUT2D eigenvalue weighted by Crippen LogP contribution is 2.28. The molecular weight excluding hydrogens is 338 g/mol. The number of carboxylic acids is 2. The number of phenols is 1. The van der Waals surface area contributed by atoms with Crippen molar-refractivity contribution >= 4 is 23.4 Å². The van der Waals surface area contributed by atoms with E-state index in [9.17, 15) is 24.6 Å². The molecule has 0 spiro atoms. The fourth-order valence-electron chi connectivity index (χ4n) is 2.69. The van der Waals surface area contributed by atoms with Crippen molar-refractivity contribution in [3.63, 3.8) is 0 Å². The summed E-state index contributed by atoms with van der Waals surface area (Å²) in [6.07, 6.45) is 0. The minimum Gasteiger partial charge on any atom is -0.507 e. The number of aromatic hydroxyl groups is 1. The molecule has 0 aromatic heterocycles. The highest BCUT2D eigenvalue weighted by molar-refractivity contribution is 6.16. The van der Waals surface area contributed by atoms with Crippen LogP contribution in [0.5, 0.6) is 5.75 Å². The van der Waals surface area contributed by atoms with E-state index in [1.807, 2.05) is 18.7 Å². The van der Waals surface area contributed by atoms with Crippen LogP contribution in [0.15, 0.2) is 36.4 Å². The largest absolute Gasteiger partial charge is 0.507 e. The standard InChI is InChI=1S/C19H19NO6/c1-3-20(4-2)12-6-8-14(16(21)10-12)17(22)13-7-5-11(18(23)24)9-15(13)19(25)26/h5-10,21H,3-4H2,1-2H3,(H,23,24)(H,25,26). The third-order valence-corrected chi connectivity index (χ3v) is 4.10. The van der Waals surface area contributed by atoms with Crippen LogP contribution in [0.1, 0.15) is 50.5 Å². The van der Waals surface area contributed by atoms with Crippen molar-refractivity contribution in [1.29, 1.82) is 0 Å². The maximum Gasteiger partial charge on any atom is 0.336 e. The number of phenolic OH excluding ortho intramolecular Hbond substituents is 1. The minimum absolute atomic E-state index is 0.0496. The van der Waals surface area contributed by atoms with Crippen LogP contribution in [0.25, 0.3) is 0 Å². The summed E-state index contributed by atoms with van der Waals surface area (Å²) in [6, 6.07) is 7.79. The first-order valence-corrected chi connectivity index (χ1v) is 8.03. The van der Waals surface area contributed by atoms with Crippen LogP contribution >= 0.6 is 0 Å². The van der Waals surface area contributed by atoms with Crippen molar-refractivity contribution in [2.45, 2.75) is 13.8 Å². The van der Waals surface area contributed by atoms with Crippen LogP contribution in [0.2, 0.25) is 0 Å². The van der Waals surface area contributed by atoms with Crippen molar-refractivity contribution in [2.75, 3.05) is 18.0 Å². The van der Waals surface area contributed by atoms with Gasteiger partial charge >= 0.3 is 11.9 Å². The van der Waals surface area contributed by atoms with Crippen molar-refractivity contribution in [2.24, 2.45) is 0 Å². The van der Waals surface area contributed by atoms with Gasteiger partial charge in [-0.15, -0.1) is 0 Å². The number of hydrogen-bond donors (Lipinski definition) is 3. The van der Waals surface area contributed by atoms with Gasteiger partial charge in [-0.05, 0) is 44.2 Å². The van der Waals surface area contributed by atoms with Crippen LogP contribution in [0.3, 0.4) is 0 Å². The zero-order valence-electron chi connectivity index (χ0n) is 14.4. The number of anilines is 1. The van der Waals surface area contributed by atoms with E-state index >= 15 is 0 Å². The molecule has 0 fully saturated rings. The van der Waals surface area contributed by atoms with Gasteiger partial charge in [0.25, 0.3) is 0 Å². The number of carboxylic acid groups (broad SMARTS) is 2. The van der Waals surface area contributed by atoms with Gasteiger partial charge in [-0.2, -0.15) is 0 Å². The molecule has 0 atom stereocenters. The molecule has 0 unspecified atom stereocenters. The molecular formula is C19H19NO6. The van der Waals surface area contributed by atoms with Crippen LogP contribution in [-0.4, -0.2) is 46.1 Å². The molecule has 7 nitrogen and oxygen atoms in total. The molecule has 0 aliphatic heterocycles. The van der Waals surface area contributed by atoms with Gasteiger partial charge in [-0.3, -0.25) is 4.79 Å². The lowest BCUT2D eigenvalue weighted by atomic mass is 9.95. The second-order valence-corrected chi connectivity index (χ2v) is 5.57. The van der Waals surface area contributed by atoms with Crippen LogP contribution in [-0.2, 0) is 0 Å². The topological polar surface area (TPSA) is 115 Å². The van der Waals surface area contributed by atoms with Crippen molar-refractivity contribution in [3.8, 4) is 5.75 Å². The molecule has 136 valence electrons. The summed E-state index contributed by atoms with van der Waals surface area (Å²) in [6.45, 7) is 5.37. The Morgan fingerprint density at radius 3 is 1.96 bits per heavy atom. The second-order valence-electron chi connectivity index (χ2n) is 5.57. The van der Waals surface area contributed by atoms with E-state index in [0.29, 0.717) is 0 Å². The fourth-order valence-corrected chi connectivity index (χ4v) is 2.69. The van der Waals surface area contributed by atoms with E-state index < -0.39 is 23.3 Å². The average Bonchev–Trinajstić information content (AvgIpc) is 2.61. The summed E-state index contributed by atoms with van der Waals surface area (Å²) in [4.78, 5) is 37.1. The summed E-state index contributed by atoms with van der Waals surface area (Å²) < 4.78 is 0. The number of carbonyl (C=O) groups excluding carboxylic acids is 1. The number of carbonyl (C=O) groups is 3. The van der Waals surface area contributed by atoms with Crippen LogP contribution in [0, 0.1) is 0 Å². The van der Waals surface area contributed by atoms with E-state index in [1.54, 1.807) is 6.07 Å². The SMILES string of the molecule is CCN(CC)c1ccc(C(=O)c2ccc(C(=O)O)cc2C(=O)O)c(O)c1. The highest BCUT2D eigenvalue weighted by Gasteiger charge is 2.22. The first-order chi connectivity index (χ1) is 12.3. The lowest BCUT2D eigenvalue weighted by Gasteiger charge is -2.21. The van der Waals surface area contributed by atoms with Gasteiger partial charge in [0.05, 0.1) is 16.7 Å². The van der Waals surface area contributed by atoms with Gasteiger partial charge in [0.15, 0.2) is 5.78 Å².